The fourth-order valence-corrected chi connectivity index (χ4v) is 2.40. The second-order valence-electron chi connectivity index (χ2n) is 4.44. The maximum atomic E-state index is 10.9. The van der Waals surface area contributed by atoms with Gasteiger partial charge in [-0.05, 0) is 25.0 Å². The number of nitro groups is 1. The number of hydrogen-bond donors (Lipinski definition) is 2. The van der Waals surface area contributed by atoms with Crippen LogP contribution in [0.15, 0.2) is 18.2 Å². The fourth-order valence-electron chi connectivity index (χ4n) is 2.40. The van der Waals surface area contributed by atoms with E-state index in [2.05, 4.69) is 0 Å². The van der Waals surface area contributed by atoms with Crippen molar-refractivity contribution in [2.45, 2.75) is 18.9 Å². The van der Waals surface area contributed by atoms with Crippen molar-refractivity contribution in [2.24, 2.45) is 0 Å². The van der Waals surface area contributed by atoms with Gasteiger partial charge in [0.25, 0.3) is 5.69 Å². The largest absolute Gasteiger partial charge is 0.477 e. The van der Waals surface area contributed by atoms with E-state index in [1.165, 1.54) is 12.1 Å². The van der Waals surface area contributed by atoms with Crippen molar-refractivity contribution in [3.8, 4) is 0 Å². The Morgan fingerprint density at radius 1 is 1.53 bits per heavy atom. The van der Waals surface area contributed by atoms with E-state index in [9.17, 15) is 20.0 Å². The molecule has 1 aromatic rings. The summed E-state index contributed by atoms with van der Waals surface area (Å²) in [4.78, 5) is 23.0. The fraction of sp³-hybridized carbons (Fsp3) is 0.417. The second kappa shape index (κ2) is 5.23. The van der Waals surface area contributed by atoms with Crippen molar-refractivity contribution >= 4 is 17.3 Å². The lowest BCUT2D eigenvalue weighted by Crippen LogP contribution is -2.32. The molecule has 0 amide bonds. The van der Waals surface area contributed by atoms with Gasteiger partial charge >= 0.3 is 5.97 Å². The minimum Gasteiger partial charge on any atom is -0.477 e. The highest BCUT2D eigenvalue weighted by atomic mass is 16.6. The summed E-state index contributed by atoms with van der Waals surface area (Å²) >= 11 is 0. The molecule has 0 radical (unpaired) electrons. The van der Waals surface area contributed by atoms with Gasteiger partial charge in [-0.25, -0.2) is 4.79 Å². The molecule has 7 nitrogen and oxygen atoms in total. The van der Waals surface area contributed by atoms with Crippen LogP contribution in [0.2, 0.25) is 0 Å². The third-order valence-electron chi connectivity index (χ3n) is 3.33. The number of hydrogen-bond acceptors (Lipinski definition) is 5. The van der Waals surface area contributed by atoms with Crippen molar-refractivity contribution < 1.29 is 19.9 Å². The molecule has 1 saturated heterocycles. The topological polar surface area (TPSA) is 104 Å². The molecular weight excluding hydrogens is 252 g/mol. The summed E-state index contributed by atoms with van der Waals surface area (Å²) in [6.45, 7) is 0.684. The van der Waals surface area contributed by atoms with E-state index in [0.717, 1.165) is 12.8 Å². The van der Waals surface area contributed by atoms with Crippen LogP contribution >= 0.6 is 0 Å². The maximum absolute atomic E-state index is 10.9. The molecule has 1 heterocycles. The van der Waals surface area contributed by atoms with Crippen LogP contribution in [0.1, 0.15) is 23.2 Å². The number of aliphatic hydroxyl groups is 1. The third-order valence-corrected chi connectivity index (χ3v) is 3.33. The quantitative estimate of drug-likeness (QED) is 0.628. The van der Waals surface area contributed by atoms with Crippen molar-refractivity contribution in [3.63, 3.8) is 0 Å². The molecule has 0 bridgehead atoms. The Kier molecular flexibility index (Phi) is 3.66. The number of carbonyl (C=O) groups is 1. The summed E-state index contributed by atoms with van der Waals surface area (Å²) in [6, 6.07) is 3.99. The molecular formula is C12H14N2O5. The Hall–Kier alpha value is -2.15. The average Bonchev–Trinajstić information content (AvgIpc) is 2.86. The highest BCUT2D eigenvalue weighted by Gasteiger charge is 2.27. The van der Waals surface area contributed by atoms with E-state index < -0.39 is 16.6 Å². The predicted molar refractivity (Wildman–Crippen MR) is 67.5 cm³/mol. The van der Waals surface area contributed by atoms with Gasteiger partial charge < -0.3 is 15.1 Å². The molecule has 2 N–H and O–H groups in total. The van der Waals surface area contributed by atoms with Gasteiger partial charge in [0.2, 0.25) is 0 Å². The number of rotatable bonds is 4. The van der Waals surface area contributed by atoms with Gasteiger partial charge in [0.05, 0.1) is 17.6 Å². The minimum atomic E-state index is -1.32. The molecule has 0 saturated carbocycles. The summed E-state index contributed by atoms with van der Waals surface area (Å²) in [6.07, 6.45) is 1.73. The SMILES string of the molecule is O=C(O)c1ccc(N2CCCC2CO)cc1[N+](=O)[O-]. The monoisotopic (exact) mass is 266 g/mol. The number of nitro benzene ring substituents is 1. The third kappa shape index (κ3) is 2.50. The molecule has 0 spiro atoms. The molecule has 102 valence electrons. The van der Waals surface area contributed by atoms with Gasteiger partial charge in [-0.2, -0.15) is 0 Å². The Balaban J connectivity index is 2.40. The van der Waals surface area contributed by atoms with Crippen LogP contribution in [0, 0.1) is 10.1 Å². The van der Waals surface area contributed by atoms with E-state index >= 15 is 0 Å². The first kappa shape index (κ1) is 13.3. The minimum absolute atomic E-state index is 0.0194. The number of benzene rings is 1. The zero-order chi connectivity index (χ0) is 14.0. The molecule has 1 unspecified atom stereocenters. The summed E-state index contributed by atoms with van der Waals surface area (Å²) in [5.74, 6) is -1.32. The second-order valence-corrected chi connectivity index (χ2v) is 4.44. The van der Waals surface area contributed by atoms with Crippen LogP contribution in [0.5, 0.6) is 0 Å². The molecule has 19 heavy (non-hydrogen) atoms. The van der Waals surface area contributed by atoms with Gasteiger partial charge in [-0.15, -0.1) is 0 Å². The van der Waals surface area contributed by atoms with Crippen LogP contribution in [0.3, 0.4) is 0 Å². The molecule has 7 heteroatoms. The van der Waals surface area contributed by atoms with E-state index in [4.69, 9.17) is 5.11 Å². The van der Waals surface area contributed by atoms with Crippen molar-refractivity contribution in [3.05, 3.63) is 33.9 Å². The van der Waals surface area contributed by atoms with E-state index in [1.54, 1.807) is 6.07 Å². The average molecular weight is 266 g/mol. The summed E-state index contributed by atoms with van der Waals surface area (Å²) in [5.41, 5.74) is -0.171. The zero-order valence-corrected chi connectivity index (χ0v) is 10.2. The van der Waals surface area contributed by atoms with E-state index in [0.29, 0.717) is 12.2 Å². The zero-order valence-electron chi connectivity index (χ0n) is 10.2. The normalized spacial score (nSPS) is 18.6. The summed E-state index contributed by atoms with van der Waals surface area (Å²) in [5, 5.41) is 29.1. The standard InChI is InChI=1S/C12H14N2O5/c15-7-9-2-1-5-13(9)8-3-4-10(12(16)17)11(6-8)14(18)19/h3-4,6,9,15H,1-2,5,7H2,(H,16,17). The lowest BCUT2D eigenvalue weighted by atomic mass is 10.1. The van der Waals surface area contributed by atoms with E-state index in [1.807, 2.05) is 4.90 Å². The van der Waals surface area contributed by atoms with Crippen LogP contribution in [0.25, 0.3) is 0 Å². The molecule has 1 atom stereocenters. The first-order chi connectivity index (χ1) is 9.04. The Bertz CT molecular complexity index is 517. The highest BCUT2D eigenvalue weighted by molar-refractivity contribution is 5.93. The lowest BCUT2D eigenvalue weighted by molar-refractivity contribution is -0.385. The van der Waals surface area contributed by atoms with Crippen molar-refractivity contribution in [1.82, 2.24) is 0 Å². The van der Waals surface area contributed by atoms with Crippen molar-refractivity contribution in [2.75, 3.05) is 18.1 Å². The van der Waals surface area contributed by atoms with E-state index in [-0.39, 0.29) is 18.2 Å². The first-order valence-electron chi connectivity index (χ1n) is 5.94. The number of aliphatic hydroxyl groups excluding tert-OH is 1. The molecule has 0 aliphatic carbocycles. The summed E-state index contributed by atoms with van der Waals surface area (Å²) in [7, 11) is 0. The Morgan fingerprint density at radius 2 is 2.26 bits per heavy atom. The van der Waals surface area contributed by atoms with Gasteiger partial charge in [0, 0.05) is 18.3 Å². The molecule has 0 aromatic heterocycles. The number of carboxylic acids is 1. The molecule has 1 aromatic carbocycles. The number of carboxylic acid groups (broad SMARTS) is 1. The van der Waals surface area contributed by atoms with Crippen LogP contribution in [-0.4, -0.2) is 40.3 Å². The Morgan fingerprint density at radius 3 is 2.84 bits per heavy atom. The van der Waals surface area contributed by atoms with Gasteiger partial charge in [-0.1, -0.05) is 0 Å². The molecule has 1 fully saturated rings. The van der Waals surface area contributed by atoms with Crippen LogP contribution in [0.4, 0.5) is 11.4 Å². The van der Waals surface area contributed by atoms with Gasteiger partial charge in [0.1, 0.15) is 5.56 Å². The first-order valence-corrected chi connectivity index (χ1v) is 5.94. The molecule has 1 aliphatic rings. The predicted octanol–water partition coefficient (Wildman–Crippen LogP) is 1.25. The van der Waals surface area contributed by atoms with Crippen molar-refractivity contribution in [1.29, 1.82) is 0 Å². The van der Waals surface area contributed by atoms with Crippen LogP contribution < -0.4 is 4.90 Å². The van der Waals surface area contributed by atoms with Crippen LogP contribution in [-0.2, 0) is 0 Å². The maximum Gasteiger partial charge on any atom is 0.342 e. The number of nitrogens with zero attached hydrogens (tertiary/aromatic N) is 2. The number of aromatic carboxylic acids is 1. The Labute approximate surface area is 109 Å². The highest BCUT2D eigenvalue weighted by Crippen LogP contribution is 2.30. The molecule has 1 aliphatic heterocycles. The molecule has 2 rings (SSSR count). The number of anilines is 1. The van der Waals surface area contributed by atoms with Gasteiger partial charge in [0.15, 0.2) is 0 Å². The smallest absolute Gasteiger partial charge is 0.342 e. The van der Waals surface area contributed by atoms with Gasteiger partial charge in [-0.3, -0.25) is 10.1 Å². The lowest BCUT2D eigenvalue weighted by Gasteiger charge is -2.25. The summed E-state index contributed by atoms with van der Waals surface area (Å²) < 4.78 is 0.